The van der Waals surface area contributed by atoms with Crippen molar-refractivity contribution in [2.24, 2.45) is 0 Å². The van der Waals surface area contributed by atoms with Gasteiger partial charge in [0.05, 0.1) is 11.4 Å². The Labute approximate surface area is 165 Å². The third kappa shape index (κ3) is 3.60. The summed E-state index contributed by atoms with van der Waals surface area (Å²) in [5, 5.41) is 7.69. The van der Waals surface area contributed by atoms with E-state index >= 15 is 0 Å². The van der Waals surface area contributed by atoms with Crippen molar-refractivity contribution in [2.45, 2.75) is 6.54 Å². The molecule has 134 valence electrons. The van der Waals surface area contributed by atoms with Gasteiger partial charge in [-0.3, -0.25) is 14.9 Å². The summed E-state index contributed by atoms with van der Waals surface area (Å²) in [5.41, 5.74) is 3.33. The number of thiocarbonyl (C=S) groups is 1. The van der Waals surface area contributed by atoms with Gasteiger partial charge in [0.25, 0.3) is 11.8 Å². The van der Waals surface area contributed by atoms with Crippen molar-refractivity contribution in [1.29, 1.82) is 0 Å². The van der Waals surface area contributed by atoms with Crippen LogP contribution in [0, 0.1) is 0 Å². The first-order valence-corrected chi connectivity index (χ1v) is 9.56. The van der Waals surface area contributed by atoms with E-state index in [1.54, 1.807) is 11.0 Å². The Bertz CT molecular complexity index is 1010. The second kappa shape index (κ2) is 7.30. The minimum Gasteiger partial charge on any atom is -0.332 e. The number of carbonyl (C=O) groups excluding carboxylic acids is 2. The van der Waals surface area contributed by atoms with E-state index in [-0.39, 0.29) is 16.9 Å². The molecule has 0 aliphatic carbocycles. The van der Waals surface area contributed by atoms with E-state index in [9.17, 15) is 9.59 Å². The molecule has 2 N–H and O–H groups in total. The number of rotatable bonds is 3. The van der Waals surface area contributed by atoms with Crippen molar-refractivity contribution >= 4 is 51.9 Å². The molecule has 2 amide bonds. The molecule has 1 aliphatic heterocycles. The normalized spacial score (nSPS) is 12.6. The molecule has 1 aliphatic rings. The van der Waals surface area contributed by atoms with Crippen LogP contribution in [0.4, 0.5) is 11.4 Å². The van der Waals surface area contributed by atoms with Gasteiger partial charge in [0.1, 0.15) is 0 Å². The van der Waals surface area contributed by atoms with Crippen molar-refractivity contribution in [3.05, 3.63) is 82.0 Å². The molecule has 0 radical (unpaired) electrons. The Morgan fingerprint density at radius 2 is 1.81 bits per heavy atom. The number of hydrogen-bond acceptors (Lipinski definition) is 4. The number of thiophene rings is 1. The largest absolute Gasteiger partial charge is 0.332 e. The third-order valence-corrected chi connectivity index (χ3v) is 5.30. The Kier molecular flexibility index (Phi) is 4.70. The van der Waals surface area contributed by atoms with Crippen LogP contribution in [0.3, 0.4) is 0 Å². The molecule has 0 saturated heterocycles. The SMILES string of the molecule is O=C(NC(=S)Nc1ccc(N2Cc3ccccc3C2=O)cc1)c1cccs1. The molecule has 7 heteroatoms. The summed E-state index contributed by atoms with van der Waals surface area (Å²) >= 11 is 6.54. The second-order valence-electron chi connectivity index (χ2n) is 5.98. The minimum atomic E-state index is -0.237. The first kappa shape index (κ1) is 17.4. The highest BCUT2D eigenvalue weighted by Crippen LogP contribution is 2.28. The van der Waals surface area contributed by atoms with Crippen LogP contribution in [-0.4, -0.2) is 16.9 Å². The molecule has 0 saturated carbocycles. The van der Waals surface area contributed by atoms with Crippen molar-refractivity contribution < 1.29 is 9.59 Å². The van der Waals surface area contributed by atoms with Gasteiger partial charge >= 0.3 is 0 Å². The van der Waals surface area contributed by atoms with Crippen LogP contribution in [-0.2, 0) is 6.54 Å². The topological polar surface area (TPSA) is 61.4 Å². The van der Waals surface area contributed by atoms with Crippen molar-refractivity contribution in [3.63, 3.8) is 0 Å². The summed E-state index contributed by atoms with van der Waals surface area (Å²) in [5.74, 6) is -0.232. The van der Waals surface area contributed by atoms with Crippen LogP contribution >= 0.6 is 23.6 Å². The standard InChI is InChI=1S/C20H15N3O2S2/c24-18(17-6-3-11-27-17)22-20(26)21-14-7-9-15(10-8-14)23-12-13-4-1-2-5-16(13)19(23)25/h1-11H,12H2,(H2,21,22,24,26). The predicted octanol–water partition coefficient (Wildman–Crippen LogP) is 4.04. The zero-order chi connectivity index (χ0) is 18.8. The van der Waals surface area contributed by atoms with Gasteiger partial charge in [0, 0.05) is 16.9 Å². The van der Waals surface area contributed by atoms with Gasteiger partial charge in [-0.1, -0.05) is 24.3 Å². The molecule has 0 unspecified atom stereocenters. The Hall–Kier alpha value is -3.03. The number of nitrogens with zero attached hydrogens (tertiary/aromatic N) is 1. The van der Waals surface area contributed by atoms with Gasteiger partial charge in [-0.2, -0.15) is 0 Å². The summed E-state index contributed by atoms with van der Waals surface area (Å²) in [6.45, 7) is 0.567. The zero-order valence-electron chi connectivity index (χ0n) is 14.1. The fourth-order valence-electron chi connectivity index (χ4n) is 2.92. The maximum absolute atomic E-state index is 12.5. The summed E-state index contributed by atoms with van der Waals surface area (Å²) in [6, 6.07) is 18.6. The highest BCUT2D eigenvalue weighted by Gasteiger charge is 2.27. The highest BCUT2D eigenvalue weighted by atomic mass is 32.1. The van der Waals surface area contributed by atoms with Gasteiger partial charge < -0.3 is 10.2 Å². The van der Waals surface area contributed by atoms with Crippen LogP contribution in [0.5, 0.6) is 0 Å². The monoisotopic (exact) mass is 393 g/mol. The quantitative estimate of drug-likeness (QED) is 0.660. The number of carbonyl (C=O) groups is 2. The van der Waals surface area contributed by atoms with Crippen molar-refractivity contribution in [2.75, 3.05) is 10.2 Å². The molecule has 5 nitrogen and oxygen atoms in total. The highest BCUT2D eigenvalue weighted by molar-refractivity contribution is 7.80. The fourth-order valence-corrected chi connectivity index (χ4v) is 3.75. The first-order chi connectivity index (χ1) is 13.1. The Morgan fingerprint density at radius 3 is 2.52 bits per heavy atom. The van der Waals surface area contributed by atoms with Crippen LogP contribution in [0.15, 0.2) is 66.0 Å². The van der Waals surface area contributed by atoms with E-state index in [2.05, 4.69) is 10.6 Å². The lowest BCUT2D eigenvalue weighted by atomic mass is 10.1. The molecule has 3 aromatic rings. The fraction of sp³-hybridized carbons (Fsp3) is 0.0500. The minimum absolute atomic E-state index is 0.00467. The van der Waals surface area contributed by atoms with E-state index in [0.29, 0.717) is 11.4 Å². The van der Waals surface area contributed by atoms with E-state index < -0.39 is 0 Å². The number of amides is 2. The molecule has 4 rings (SSSR count). The summed E-state index contributed by atoms with van der Waals surface area (Å²) in [7, 11) is 0. The van der Waals surface area contributed by atoms with E-state index in [0.717, 1.165) is 22.5 Å². The zero-order valence-corrected chi connectivity index (χ0v) is 15.8. The van der Waals surface area contributed by atoms with E-state index in [1.807, 2.05) is 60.0 Å². The summed E-state index contributed by atoms with van der Waals surface area (Å²) in [4.78, 5) is 26.9. The summed E-state index contributed by atoms with van der Waals surface area (Å²) in [6.07, 6.45) is 0. The lowest BCUT2D eigenvalue weighted by Crippen LogP contribution is -2.33. The van der Waals surface area contributed by atoms with Crippen LogP contribution in [0.1, 0.15) is 25.6 Å². The van der Waals surface area contributed by atoms with Crippen molar-refractivity contribution in [1.82, 2.24) is 5.32 Å². The first-order valence-electron chi connectivity index (χ1n) is 8.27. The number of nitrogens with one attached hydrogen (secondary N) is 2. The molecule has 0 atom stereocenters. The number of fused-ring (bicyclic) bond motifs is 1. The molecule has 0 bridgehead atoms. The molecular weight excluding hydrogens is 378 g/mol. The second-order valence-corrected chi connectivity index (χ2v) is 7.34. The molecule has 2 aromatic carbocycles. The van der Waals surface area contributed by atoms with E-state index in [4.69, 9.17) is 12.2 Å². The number of anilines is 2. The molecule has 1 aromatic heterocycles. The Morgan fingerprint density at radius 1 is 1.04 bits per heavy atom. The van der Waals surface area contributed by atoms with Gasteiger partial charge in [0.15, 0.2) is 5.11 Å². The molecule has 27 heavy (non-hydrogen) atoms. The molecule has 0 fully saturated rings. The smallest absolute Gasteiger partial charge is 0.267 e. The van der Waals surface area contributed by atoms with Gasteiger partial charge in [-0.25, -0.2) is 0 Å². The summed E-state index contributed by atoms with van der Waals surface area (Å²) < 4.78 is 0. The van der Waals surface area contributed by atoms with Gasteiger partial charge in [0.2, 0.25) is 0 Å². The lowest BCUT2D eigenvalue weighted by molar-refractivity contribution is 0.0978. The average Bonchev–Trinajstić information content (AvgIpc) is 3.31. The lowest BCUT2D eigenvalue weighted by Gasteiger charge is -2.16. The van der Waals surface area contributed by atoms with Gasteiger partial charge in [-0.05, 0) is 59.6 Å². The number of benzene rings is 2. The Balaban J connectivity index is 1.40. The van der Waals surface area contributed by atoms with Crippen LogP contribution in [0.25, 0.3) is 0 Å². The molecule has 2 heterocycles. The van der Waals surface area contributed by atoms with Gasteiger partial charge in [-0.15, -0.1) is 11.3 Å². The maximum Gasteiger partial charge on any atom is 0.267 e. The van der Waals surface area contributed by atoms with Crippen LogP contribution in [0.2, 0.25) is 0 Å². The molecule has 0 spiro atoms. The van der Waals surface area contributed by atoms with Crippen LogP contribution < -0.4 is 15.5 Å². The predicted molar refractivity (Wildman–Crippen MR) is 111 cm³/mol. The number of hydrogen-bond donors (Lipinski definition) is 2. The maximum atomic E-state index is 12.5. The van der Waals surface area contributed by atoms with Crippen molar-refractivity contribution in [3.8, 4) is 0 Å². The average molecular weight is 393 g/mol. The third-order valence-electron chi connectivity index (χ3n) is 4.23. The molecular formula is C20H15N3O2S2. The van der Waals surface area contributed by atoms with E-state index in [1.165, 1.54) is 11.3 Å².